The van der Waals surface area contributed by atoms with Crippen molar-refractivity contribution in [3.05, 3.63) is 66.2 Å². The topological polar surface area (TPSA) is 102 Å². The third-order valence-corrected chi connectivity index (χ3v) is 3.32. The molecule has 0 atom stereocenters. The molecular formula is C16H15N5O3. The first kappa shape index (κ1) is 15.5. The SMILES string of the molecule is O=C(O)Cn1nccc1C(=O)Nc1cccc(Cn2cccn2)c1. The van der Waals surface area contributed by atoms with Gasteiger partial charge in [-0.1, -0.05) is 12.1 Å². The molecule has 1 amide bonds. The number of aliphatic carboxylic acids is 1. The van der Waals surface area contributed by atoms with E-state index < -0.39 is 11.9 Å². The molecule has 122 valence electrons. The molecule has 0 aliphatic rings. The van der Waals surface area contributed by atoms with E-state index in [1.54, 1.807) is 16.9 Å². The molecule has 2 aromatic heterocycles. The Balaban J connectivity index is 1.73. The molecule has 3 rings (SSSR count). The molecule has 24 heavy (non-hydrogen) atoms. The second-order valence-electron chi connectivity index (χ2n) is 5.13. The Bertz CT molecular complexity index is 854. The van der Waals surface area contributed by atoms with Crippen molar-refractivity contribution < 1.29 is 14.7 Å². The van der Waals surface area contributed by atoms with Crippen molar-refractivity contribution in [1.82, 2.24) is 19.6 Å². The van der Waals surface area contributed by atoms with Crippen LogP contribution in [0.4, 0.5) is 5.69 Å². The molecule has 0 bridgehead atoms. The van der Waals surface area contributed by atoms with Gasteiger partial charge in [-0.2, -0.15) is 10.2 Å². The molecule has 1 aromatic carbocycles. The van der Waals surface area contributed by atoms with Gasteiger partial charge in [-0.25, -0.2) is 4.68 Å². The van der Waals surface area contributed by atoms with Gasteiger partial charge in [-0.15, -0.1) is 0 Å². The first-order chi connectivity index (χ1) is 11.6. The molecule has 0 fully saturated rings. The van der Waals surface area contributed by atoms with Gasteiger partial charge in [0.25, 0.3) is 5.91 Å². The molecule has 3 aromatic rings. The van der Waals surface area contributed by atoms with Gasteiger partial charge in [0, 0.05) is 24.3 Å². The van der Waals surface area contributed by atoms with Crippen molar-refractivity contribution in [2.75, 3.05) is 5.32 Å². The maximum absolute atomic E-state index is 12.3. The zero-order valence-electron chi connectivity index (χ0n) is 12.7. The first-order valence-electron chi connectivity index (χ1n) is 7.23. The summed E-state index contributed by atoms with van der Waals surface area (Å²) in [6.07, 6.45) is 4.96. The van der Waals surface area contributed by atoms with Crippen LogP contribution in [0, 0.1) is 0 Å². The Kier molecular flexibility index (Phi) is 4.37. The summed E-state index contributed by atoms with van der Waals surface area (Å²) < 4.78 is 2.92. The lowest BCUT2D eigenvalue weighted by Crippen LogP contribution is -2.20. The summed E-state index contributed by atoms with van der Waals surface area (Å²) in [6, 6.07) is 10.7. The molecule has 0 saturated heterocycles. The molecule has 0 unspecified atom stereocenters. The standard InChI is InChI=1S/C16H15N5O3/c22-15(23)11-21-14(5-7-18-21)16(24)19-13-4-1-3-12(9-13)10-20-8-2-6-17-20/h1-9H,10-11H2,(H,19,24)(H,22,23). The van der Waals surface area contributed by atoms with Gasteiger partial charge in [-0.3, -0.25) is 14.3 Å². The second-order valence-corrected chi connectivity index (χ2v) is 5.13. The van der Waals surface area contributed by atoms with Gasteiger partial charge < -0.3 is 10.4 Å². The van der Waals surface area contributed by atoms with Crippen LogP contribution in [0.25, 0.3) is 0 Å². The van der Waals surface area contributed by atoms with Crippen LogP contribution in [0.1, 0.15) is 16.1 Å². The predicted molar refractivity (Wildman–Crippen MR) is 85.6 cm³/mol. The zero-order valence-corrected chi connectivity index (χ0v) is 12.7. The number of carboxylic acids is 1. The van der Waals surface area contributed by atoms with Crippen LogP contribution < -0.4 is 5.32 Å². The van der Waals surface area contributed by atoms with Gasteiger partial charge in [0.2, 0.25) is 0 Å². The van der Waals surface area contributed by atoms with Crippen molar-refractivity contribution in [3.8, 4) is 0 Å². The number of amides is 1. The number of carbonyl (C=O) groups excluding carboxylic acids is 1. The third kappa shape index (κ3) is 3.67. The van der Waals surface area contributed by atoms with Crippen LogP contribution in [0.15, 0.2) is 55.0 Å². The predicted octanol–water partition coefficient (Wildman–Crippen LogP) is 1.46. The largest absolute Gasteiger partial charge is 0.480 e. The molecule has 0 radical (unpaired) electrons. The molecule has 0 saturated carbocycles. The molecular weight excluding hydrogens is 310 g/mol. The summed E-state index contributed by atoms with van der Waals surface area (Å²) >= 11 is 0. The normalized spacial score (nSPS) is 10.5. The maximum Gasteiger partial charge on any atom is 0.325 e. The highest BCUT2D eigenvalue weighted by atomic mass is 16.4. The number of anilines is 1. The quantitative estimate of drug-likeness (QED) is 0.714. The van der Waals surface area contributed by atoms with Crippen molar-refractivity contribution in [2.24, 2.45) is 0 Å². The van der Waals surface area contributed by atoms with Gasteiger partial charge in [0.1, 0.15) is 12.2 Å². The summed E-state index contributed by atoms with van der Waals surface area (Å²) in [5.41, 5.74) is 1.79. The van der Waals surface area contributed by atoms with Crippen molar-refractivity contribution in [3.63, 3.8) is 0 Å². The number of nitrogens with zero attached hydrogens (tertiary/aromatic N) is 4. The lowest BCUT2D eigenvalue weighted by molar-refractivity contribution is -0.137. The van der Waals surface area contributed by atoms with E-state index in [0.29, 0.717) is 12.2 Å². The van der Waals surface area contributed by atoms with Crippen molar-refractivity contribution in [2.45, 2.75) is 13.1 Å². The Hall–Kier alpha value is -3.42. The highest BCUT2D eigenvalue weighted by Crippen LogP contribution is 2.13. The molecule has 2 heterocycles. The minimum Gasteiger partial charge on any atom is -0.480 e. The van der Waals surface area contributed by atoms with Gasteiger partial charge in [0.05, 0.1) is 6.54 Å². The number of carbonyl (C=O) groups is 2. The van der Waals surface area contributed by atoms with E-state index in [-0.39, 0.29) is 12.2 Å². The number of hydrogen-bond donors (Lipinski definition) is 2. The average Bonchev–Trinajstić information content (AvgIpc) is 3.19. The van der Waals surface area contributed by atoms with Crippen LogP contribution in [0.5, 0.6) is 0 Å². The highest BCUT2D eigenvalue weighted by Gasteiger charge is 2.14. The van der Waals surface area contributed by atoms with E-state index in [0.717, 1.165) is 10.2 Å². The number of carboxylic acid groups (broad SMARTS) is 1. The Morgan fingerprint density at radius 2 is 2.00 bits per heavy atom. The van der Waals surface area contributed by atoms with Crippen LogP contribution in [-0.4, -0.2) is 36.5 Å². The number of rotatable bonds is 6. The van der Waals surface area contributed by atoms with Gasteiger partial charge in [-0.05, 0) is 29.8 Å². The van der Waals surface area contributed by atoms with E-state index in [2.05, 4.69) is 15.5 Å². The zero-order chi connectivity index (χ0) is 16.9. The van der Waals surface area contributed by atoms with E-state index in [1.807, 2.05) is 30.5 Å². The van der Waals surface area contributed by atoms with E-state index in [9.17, 15) is 9.59 Å². The summed E-state index contributed by atoms with van der Waals surface area (Å²) in [7, 11) is 0. The minimum atomic E-state index is -1.06. The summed E-state index contributed by atoms with van der Waals surface area (Å²) in [5, 5.41) is 19.6. The molecule has 2 N–H and O–H groups in total. The number of benzene rings is 1. The van der Waals surface area contributed by atoms with Crippen molar-refractivity contribution in [1.29, 1.82) is 0 Å². The maximum atomic E-state index is 12.3. The average molecular weight is 325 g/mol. The fourth-order valence-corrected chi connectivity index (χ4v) is 2.30. The van der Waals surface area contributed by atoms with Gasteiger partial charge in [0.15, 0.2) is 0 Å². The van der Waals surface area contributed by atoms with Gasteiger partial charge >= 0.3 is 5.97 Å². The number of nitrogens with one attached hydrogen (secondary N) is 1. The molecule has 0 aliphatic heterocycles. The Labute approximate surface area is 137 Å². The van der Waals surface area contributed by atoms with Crippen LogP contribution in [-0.2, 0) is 17.9 Å². The lowest BCUT2D eigenvalue weighted by atomic mass is 10.2. The second kappa shape index (κ2) is 6.78. The molecule has 8 nitrogen and oxygen atoms in total. The summed E-state index contributed by atoms with van der Waals surface area (Å²) in [5.74, 6) is -1.47. The van der Waals surface area contributed by atoms with E-state index in [4.69, 9.17) is 5.11 Å². The first-order valence-corrected chi connectivity index (χ1v) is 7.23. The summed E-state index contributed by atoms with van der Waals surface area (Å²) in [6.45, 7) is 0.225. The molecule has 0 spiro atoms. The fourth-order valence-electron chi connectivity index (χ4n) is 2.30. The third-order valence-electron chi connectivity index (χ3n) is 3.32. The van der Waals surface area contributed by atoms with Crippen LogP contribution in [0.2, 0.25) is 0 Å². The Morgan fingerprint density at radius 3 is 2.75 bits per heavy atom. The lowest BCUT2D eigenvalue weighted by Gasteiger charge is -2.09. The molecule has 8 heteroatoms. The Morgan fingerprint density at radius 1 is 1.12 bits per heavy atom. The monoisotopic (exact) mass is 325 g/mol. The fraction of sp³-hybridized carbons (Fsp3) is 0.125. The van der Waals surface area contributed by atoms with Crippen molar-refractivity contribution >= 4 is 17.6 Å². The van der Waals surface area contributed by atoms with E-state index in [1.165, 1.54) is 12.3 Å². The smallest absolute Gasteiger partial charge is 0.325 e. The highest BCUT2D eigenvalue weighted by molar-refractivity contribution is 6.03. The molecule has 0 aliphatic carbocycles. The minimum absolute atomic E-state index is 0.190. The van der Waals surface area contributed by atoms with E-state index >= 15 is 0 Å². The number of hydrogen-bond acceptors (Lipinski definition) is 4. The number of aromatic nitrogens is 4. The van der Waals surface area contributed by atoms with Crippen LogP contribution in [0.3, 0.4) is 0 Å². The summed E-state index contributed by atoms with van der Waals surface area (Å²) in [4.78, 5) is 23.1. The van der Waals surface area contributed by atoms with Crippen LogP contribution >= 0.6 is 0 Å².